The molecule has 0 aliphatic heterocycles. The zero-order valence-corrected chi connectivity index (χ0v) is 11.4. The van der Waals surface area contributed by atoms with Crippen molar-refractivity contribution in [1.29, 1.82) is 0 Å². The summed E-state index contributed by atoms with van der Waals surface area (Å²) in [5, 5.41) is 3.26. The van der Waals surface area contributed by atoms with Gasteiger partial charge >= 0.3 is 6.01 Å². The van der Waals surface area contributed by atoms with Gasteiger partial charge in [0.05, 0.1) is 7.11 Å². The third-order valence-corrected chi connectivity index (χ3v) is 3.40. The number of carbonyl (C=O) groups is 1. The normalized spacial score (nSPS) is 22.8. The Hall–Kier alpha value is -1.63. The van der Waals surface area contributed by atoms with Crippen molar-refractivity contribution in [1.82, 2.24) is 15.0 Å². The van der Waals surface area contributed by atoms with Crippen molar-refractivity contribution in [3.8, 4) is 6.01 Å². The maximum Gasteiger partial charge on any atom is 0.322 e. The van der Waals surface area contributed by atoms with Crippen LogP contribution >= 0.6 is 11.6 Å². The average molecular weight is 286 g/mol. The van der Waals surface area contributed by atoms with Gasteiger partial charge in [-0.15, -0.1) is 0 Å². The smallest absolute Gasteiger partial charge is 0.322 e. The van der Waals surface area contributed by atoms with Crippen LogP contribution in [-0.4, -0.2) is 34.0 Å². The summed E-state index contributed by atoms with van der Waals surface area (Å²) in [5.74, 6) is 0.150. The number of aromatic nitrogens is 3. The summed E-state index contributed by atoms with van der Waals surface area (Å²) in [7, 11) is 1.47. The molecule has 1 heterocycles. The van der Waals surface area contributed by atoms with Gasteiger partial charge in [-0.3, -0.25) is 4.79 Å². The van der Waals surface area contributed by atoms with E-state index in [1.165, 1.54) is 7.11 Å². The fourth-order valence-corrected chi connectivity index (χ4v) is 2.34. The van der Waals surface area contributed by atoms with E-state index in [0.717, 1.165) is 25.7 Å². The van der Waals surface area contributed by atoms with Gasteiger partial charge < -0.3 is 15.8 Å². The number of ether oxygens (including phenoxy) is 1. The molecule has 1 saturated carbocycles. The van der Waals surface area contributed by atoms with E-state index < -0.39 is 0 Å². The molecule has 1 aliphatic rings. The summed E-state index contributed by atoms with van der Waals surface area (Å²) in [5.41, 5.74) is 5.30. The summed E-state index contributed by atoms with van der Waals surface area (Å²) in [6.07, 6.45) is 3.25. The Morgan fingerprint density at radius 3 is 2.58 bits per heavy atom. The van der Waals surface area contributed by atoms with Crippen LogP contribution in [0.1, 0.15) is 25.7 Å². The number of carbonyl (C=O) groups excluding carboxylic acids is 1. The molecule has 1 aromatic rings. The molecule has 3 N–H and O–H groups in total. The van der Waals surface area contributed by atoms with Crippen LogP contribution in [0.25, 0.3) is 0 Å². The number of amides is 1. The molecule has 7 nitrogen and oxygen atoms in total. The van der Waals surface area contributed by atoms with Crippen LogP contribution in [-0.2, 0) is 4.79 Å². The molecule has 0 bridgehead atoms. The number of primary amides is 1. The van der Waals surface area contributed by atoms with Crippen LogP contribution in [0.2, 0.25) is 5.28 Å². The predicted octanol–water partition coefficient (Wildman–Crippen LogP) is 0.990. The number of methoxy groups -OCH3 is 1. The van der Waals surface area contributed by atoms with Crippen molar-refractivity contribution in [2.24, 2.45) is 11.7 Å². The van der Waals surface area contributed by atoms with Crippen molar-refractivity contribution < 1.29 is 9.53 Å². The minimum Gasteiger partial charge on any atom is -0.467 e. The number of nitrogens with two attached hydrogens (primary N) is 1. The van der Waals surface area contributed by atoms with Gasteiger partial charge in [0, 0.05) is 12.0 Å². The van der Waals surface area contributed by atoms with E-state index >= 15 is 0 Å². The summed E-state index contributed by atoms with van der Waals surface area (Å²) in [4.78, 5) is 22.9. The largest absolute Gasteiger partial charge is 0.467 e. The molecule has 8 heteroatoms. The fourth-order valence-electron chi connectivity index (χ4n) is 2.19. The van der Waals surface area contributed by atoms with Crippen LogP contribution in [0.5, 0.6) is 6.01 Å². The van der Waals surface area contributed by atoms with Gasteiger partial charge in [0.15, 0.2) is 0 Å². The van der Waals surface area contributed by atoms with Crippen molar-refractivity contribution in [3.63, 3.8) is 0 Å². The highest BCUT2D eigenvalue weighted by Crippen LogP contribution is 2.26. The molecule has 1 aliphatic carbocycles. The molecule has 2 rings (SSSR count). The first-order valence-electron chi connectivity index (χ1n) is 6.10. The molecule has 1 amide bonds. The summed E-state index contributed by atoms with van der Waals surface area (Å²) in [6, 6.07) is 0.382. The average Bonchev–Trinajstić information content (AvgIpc) is 2.38. The van der Waals surface area contributed by atoms with Crippen LogP contribution in [0.3, 0.4) is 0 Å². The maximum atomic E-state index is 11.1. The Labute approximate surface area is 115 Å². The topological polar surface area (TPSA) is 103 Å². The van der Waals surface area contributed by atoms with Crippen LogP contribution < -0.4 is 15.8 Å². The Morgan fingerprint density at radius 1 is 1.32 bits per heavy atom. The zero-order chi connectivity index (χ0) is 13.8. The SMILES string of the molecule is COc1nc(Cl)nc(NC2CCC(C(N)=O)CC2)n1. The molecular formula is C11H16ClN5O2. The van der Waals surface area contributed by atoms with Gasteiger partial charge in [0.2, 0.25) is 17.1 Å². The summed E-state index contributed by atoms with van der Waals surface area (Å²) in [6.45, 7) is 0. The van der Waals surface area contributed by atoms with E-state index in [9.17, 15) is 4.79 Å². The van der Waals surface area contributed by atoms with Crippen molar-refractivity contribution >= 4 is 23.5 Å². The second kappa shape index (κ2) is 6.01. The molecule has 1 aromatic heterocycles. The fraction of sp³-hybridized carbons (Fsp3) is 0.636. The highest BCUT2D eigenvalue weighted by atomic mass is 35.5. The number of hydrogen-bond donors (Lipinski definition) is 2. The molecule has 0 spiro atoms. The second-order valence-corrected chi connectivity index (χ2v) is 4.85. The van der Waals surface area contributed by atoms with Gasteiger partial charge in [0.25, 0.3) is 0 Å². The van der Waals surface area contributed by atoms with Gasteiger partial charge in [-0.25, -0.2) is 0 Å². The number of halogens is 1. The lowest BCUT2D eigenvalue weighted by atomic mass is 9.86. The van der Waals surface area contributed by atoms with Crippen LogP contribution in [0, 0.1) is 5.92 Å². The van der Waals surface area contributed by atoms with Gasteiger partial charge in [-0.1, -0.05) is 0 Å². The van der Waals surface area contributed by atoms with E-state index in [-0.39, 0.29) is 29.2 Å². The first-order chi connectivity index (χ1) is 9.08. The van der Waals surface area contributed by atoms with E-state index in [1.54, 1.807) is 0 Å². The molecule has 0 aromatic carbocycles. The summed E-state index contributed by atoms with van der Waals surface area (Å²) >= 11 is 5.77. The zero-order valence-electron chi connectivity index (χ0n) is 10.6. The molecule has 0 atom stereocenters. The quantitative estimate of drug-likeness (QED) is 0.855. The molecule has 1 fully saturated rings. The van der Waals surface area contributed by atoms with Crippen molar-refractivity contribution in [2.45, 2.75) is 31.7 Å². The van der Waals surface area contributed by atoms with E-state index in [1.807, 2.05) is 0 Å². The van der Waals surface area contributed by atoms with Crippen LogP contribution in [0.15, 0.2) is 0 Å². The number of hydrogen-bond acceptors (Lipinski definition) is 6. The first-order valence-corrected chi connectivity index (χ1v) is 6.47. The number of nitrogens with one attached hydrogen (secondary N) is 1. The molecule has 0 radical (unpaired) electrons. The number of anilines is 1. The lowest BCUT2D eigenvalue weighted by Gasteiger charge is -2.27. The molecule has 19 heavy (non-hydrogen) atoms. The minimum absolute atomic E-state index is 0.0190. The highest BCUT2D eigenvalue weighted by molar-refractivity contribution is 6.28. The third kappa shape index (κ3) is 3.66. The van der Waals surface area contributed by atoms with Gasteiger partial charge in [0.1, 0.15) is 0 Å². The summed E-state index contributed by atoms with van der Waals surface area (Å²) < 4.78 is 4.93. The van der Waals surface area contributed by atoms with E-state index in [0.29, 0.717) is 5.95 Å². The number of rotatable bonds is 4. The standard InChI is InChI=1S/C11H16ClN5O2/c1-19-11-16-9(12)15-10(17-11)14-7-4-2-6(3-5-7)8(13)18/h6-7H,2-5H2,1H3,(H2,13,18)(H,14,15,16,17). The van der Waals surface area contributed by atoms with E-state index in [4.69, 9.17) is 22.1 Å². The van der Waals surface area contributed by atoms with Gasteiger partial charge in [-0.2, -0.15) is 15.0 Å². The number of nitrogens with zero attached hydrogens (tertiary/aromatic N) is 3. The predicted molar refractivity (Wildman–Crippen MR) is 70.0 cm³/mol. The van der Waals surface area contributed by atoms with Crippen LogP contribution in [0.4, 0.5) is 5.95 Å². The van der Waals surface area contributed by atoms with Crippen molar-refractivity contribution in [2.75, 3.05) is 12.4 Å². The Bertz CT molecular complexity index is 462. The third-order valence-electron chi connectivity index (χ3n) is 3.23. The minimum atomic E-state index is -0.219. The monoisotopic (exact) mass is 285 g/mol. The van der Waals surface area contributed by atoms with Crippen molar-refractivity contribution in [3.05, 3.63) is 5.28 Å². The lowest BCUT2D eigenvalue weighted by molar-refractivity contribution is -0.122. The molecule has 0 unspecified atom stereocenters. The maximum absolute atomic E-state index is 11.1. The Morgan fingerprint density at radius 2 is 2.00 bits per heavy atom. The van der Waals surface area contributed by atoms with E-state index in [2.05, 4.69) is 20.3 Å². The highest BCUT2D eigenvalue weighted by Gasteiger charge is 2.25. The Kier molecular flexibility index (Phi) is 4.36. The molecule has 0 saturated heterocycles. The Balaban J connectivity index is 1.95. The second-order valence-electron chi connectivity index (χ2n) is 4.51. The molecule has 104 valence electrons. The lowest BCUT2D eigenvalue weighted by Crippen LogP contribution is -2.32. The molecular weight excluding hydrogens is 270 g/mol. The van der Waals surface area contributed by atoms with Gasteiger partial charge in [-0.05, 0) is 37.3 Å². The first kappa shape index (κ1) is 13.8.